The van der Waals surface area contributed by atoms with Crippen LogP contribution in [0.15, 0.2) is 54.6 Å². The lowest BCUT2D eigenvalue weighted by atomic mass is 9.79. The molecule has 2 unspecified atom stereocenters. The zero-order chi connectivity index (χ0) is 23.2. The molecule has 164 valence electrons. The minimum Gasteiger partial charge on any atom is -0.481 e. The Bertz CT molecular complexity index is 1250. The number of benzene rings is 3. The number of amides is 1. The van der Waals surface area contributed by atoms with E-state index in [0.29, 0.717) is 17.2 Å². The van der Waals surface area contributed by atoms with E-state index in [1.165, 1.54) is 30.3 Å². The van der Waals surface area contributed by atoms with Crippen molar-refractivity contribution in [2.45, 2.75) is 18.5 Å². The van der Waals surface area contributed by atoms with Gasteiger partial charge in [-0.2, -0.15) is 0 Å². The number of rotatable bonds is 4. The van der Waals surface area contributed by atoms with Gasteiger partial charge in [0.25, 0.3) is 5.91 Å². The number of fused-ring (bicyclic) bond motifs is 1. The molecule has 0 aromatic heterocycles. The Labute approximate surface area is 190 Å². The highest BCUT2D eigenvalue weighted by molar-refractivity contribution is 6.35. The van der Waals surface area contributed by atoms with Crippen molar-refractivity contribution in [2.75, 3.05) is 0 Å². The van der Waals surface area contributed by atoms with Crippen LogP contribution >= 0.6 is 23.2 Å². The Morgan fingerprint density at radius 2 is 1.62 bits per heavy atom. The molecular weight excluding hydrogens is 466 g/mol. The van der Waals surface area contributed by atoms with E-state index in [-0.39, 0.29) is 27.3 Å². The number of carboxylic acids is 1. The van der Waals surface area contributed by atoms with E-state index in [4.69, 9.17) is 23.2 Å². The number of hydrogen-bond acceptors (Lipinski definition) is 2. The van der Waals surface area contributed by atoms with Gasteiger partial charge >= 0.3 is 5.97 Å². The lowest BCUT2D eigenvalue weighted by Crippen LogP contribution is -2.44. The summed E-state index contributed by atoms with van der Waals surface area (Å²) < 4.78 is 41.6. The van der Waals surface area contributed by atoms with Gasteiger partial charge in [0.2, 0.25) is 0 Å². The largest absolute Gasteiger partial charge is 0.481 e. The SMILES string of the molecule is O=C(O)C1c2ccccc2C(=O)N(Cc2cc(F)c(F)cc2F)C1c1ccc(Cl)cc1Cl. The molecule has 3 aromatic rings. The van der Waals surface area contributed by atoms with Crippen LogP contribution in [0.1, 0.15) is 39.0 Å². The van der Waals surface area contributed by atoms with E-state index < -0.39 is 47.8 Å². The second-order valence-electron chi connectivity index (χ2n) is 7.30. The Hall–Kier alpha value is -3.03. The van der Waals surface area contributed by atoms with Gasteiger partial charge in [0, 0.05) is 33.8 Å². The number of aliphatic carboxylic acids is 1. The molecule has 32 heavy (non-hydrogen) atoms. The van der Waals surface area contributed by atoms with Crippen molar-refractivity contribution in [1.82, 2.24) is 4.90 Å². The highest BCUT2D eigenvalue weighted by Crippen LogP contribution is 2.46. The third kappa shape index (κ3) is 3.82. The Kier molecular flexibility index (Phi) is 5.88. The van der Waals surface area contributed by atoms with Crippen molar-refractivity contribution in [1.29, 1.82) is 0 Å². The van der Waals surface area contributed by atoms with Crippen molar-refractivity contribution in [3.8, 4) is 0 Å². The third-order valence-corrected chi connectivity index (χ3v) is 5.98. The lowest BCUT2D eigenvalue weighted by molar-refractivity contribution is -0.140. The maximum Gasteiger partial charge on any atom is 0.313 e. The number of hydrogen-bond donors (Lipinski definition) is 1. The topological polar surface area (TPSA) is 57.6 Å². The van der Waals surface area contributed by atoms with E-state index in [2.05, 4.69) is 0 Å². The van der Waals surface area contributed by atoms with E-state index in [0.717, 1.165) is 4.90 Å². The molecule has 4 nitrogen and oxygen atoms in total. The van der Waals surface area contributed by atoms with Gasteiger partial charge < -0.3 is 10.0 Å². The minimum atomic E-state index is -1.37. The van der Waals surface area contributed by atoms with Gasteiger partial charge in [0.15, 0.2) is 11.6 Å². The molecule has 0 saturated heterocycles. The molecule has 1 amide bonds. The molecule has 0 spiro atoms. The summed E-state index contributed by atoms with van der Waals surface area (Å²) in [5, 5.41) is 10.5. The fourth-order valence-electron chi connectivity index (χ4n) is 3.99. The third-order valence-electron chi connectivity index (χ3n) is 5.42. The van der Waals surface area contributed by atoms with E-state index in [9.17, 15) is 27.9 Å². The number of halogens is 5. The zero-order valence-corrected chi connectivity index (χ0v) is 17.7. The summed E-state index contributed by atoms with van der Waals surface area (Å²) in [7, 11) is 0. The van der Waals surface area contributed by atoms with Gasteiger partial charge in [-0.3, -0.25) is 9.59 Å². The lowest BCUT2D eigenvalue weighted by Gasteiger charge is -2.41. The number of carboxylic acid groups (broad SMARTS) is 1. The molecule has 1 N–H and O–H groups in total. The van der Waals surface area contributed by atoms with Gasteiger partial charge in [-0.1, -0.05) is 47.5 Å². The highest BCUT2D eigenvalue weighted by atomic mass is 35.5. The van der Waals surface area contributed by atoms with Crippen molar-refractivity contribution in [3.05, 3.63) is 104 Å². The molecule has 9 heteroatoms. The number of nitrogens with zero attached hydrogens (tertiary/aromatic N) is 1. The molecule has 0 saturated carbocycles. The molecule has 2 atom stereocenters. The molecule has 1 aliphatic rings. The summed E-state index contributed by atoms with van der Waals surface area (Å²) in [5.41, 5.74) is 0.345. The summed E-state index contributed by atoms with van der Waals surface area (Å²) >= 11 is 12.3. The highest BCUT2D eigenvalue weighted by Gasteiger charge is 2.45. The molecule has 0 fully saturated rings. The first-order valence-corrected chi connectivity index (χ1v) is 10.2. The van der Waals surface area contributed by atoms with E-state index in [1.807, 2.05) is 0 Å². The molecule has 1 heterocycles. The predicted octanol–water partition coefficient (Wildman–Crippen LogP) is 5.98. The molecule has 0 radical (unpaired) electrons. The van der Waals surface area contributed by atoms with Crippen molar-refractivity contribution in [3.63, 3.8) is 0 Å². The monoisotopic (exact) mass is 479 g/mol. The van der Waals surface area contributed by atoms with Gasteiger partial charge in [-0.15, -0.1) is 0 Å². The predicted molar refractivity (Wildman–Crippen MR) is 112 cm³/mol. The first-order valence-electron chi connectivity index (χ1n) is 9.40. The smallest absolute Gasteiger partial charge is 0.313 e. The first-order chi connectivity index (χ1) is 15.2. The standard InChI is InChI=1S/C23H14Cl2F3NO3/c24-12-5-6-15(16(25)8-12)21-20(23(31)32)13-3-1-2-4-14(13)22(30)29(21)10-11-7-18(27)19(28)9-17(11)26/h1-9,20-21H,10H2,(H,31,32). The van der Waals surface area contributed by atoms with Gasteiger partial charge in [0.05, 0.1) is 6.04 Å². The van der Waals surface area contributed by atoms with Crippen molar-refractivity contribution >= 4 is 35.1 Å². The second kappa shape index (κ2) is 8.48. The molecule has 4 rings (SSSR count). The molecule has 0 aliphatic carbocycles. The molecular formula is C23H14Cl2F3NO3. The van der Waals surface area contributed by atoms with Gasteiger partial charge in [0.1, 0.15) is 11.7 Å². The maximum absolute atomic E-state index is 14.4. The molecule has 3 aromatic carbocycles. The average Bonchev–Trinajstić information content (AvgIpc) is 2.73. The van der Waals surface area contributed by atoms with Crippen LogP contribution in [0.5, 0.6) is 0 Å². The van der Waals surface area contributed by atoms with Crippen LogP contribution in [0.3, 0.4) is 0 Å². The summed E-state index contributed by atoms with van der Waals surface area (Å²) in [6.45, 7) is -0.510. The first kappa shape index (κ1) is 22.2. The Morgan fingerprint density at radius 1 is 0.938 bits per heavy atom. The number of carbonyl (C=O) groups is 2. The van der Waals surface area contributed by atoms with Crippen LogP contribution in [-0.4, -0.2) is 21.9 Å². The quantitative estimate of drug-likeness (QED) is 0.468. The van der Waals surface area contributed by atoms with Crippen LogP contribution in [0, 0.1) is 17.5 Å². The van der Waals surface area contributed by atoms with E-state index >= 15 is 0 Å². The summed E-state index contributed by atoms with van der Waals surface area (Å²) in [5.74, 6) is -6.82. The van der Waals surface area contributed by atoms with Gasteiger partial charge in [-0.25, -0.2) is 13.2 Å². The Morgan fingerprint density at radius 3 is 2.31 bits per heavy atom. The summed E-state index contributed by atoms with van der Waals surface area (Å²) in [6.07, 6.45) is 0. The normalized spacial score (nSPS) is 17.9. The van der Waals surface area contributed by atoms with Crippen LogP contribution in [0.4, 0.5) is 13.2 Å². The number of carbonyl (C=O) groups excluding carboxylic acids is 1. The van der Waals surface area contributed by atoms with Crippen LogP contribution in [0.25, 0.3) is 0 Å². The van der Waals surface area contributed by atoms with Crippen molar-refractivity contribution < 1.29 is 27.9 Å². The summed E-state index contributed by atoms with van der Waals surface area (Å²) in [4.78, 5) is 26.8. The van der Waals surface area contributed by atoms with Gasteiger partial charge in [-0.05, 0) is 35.4 Å². The average molecular weight is 480 g/mol. The van der Waals surface area contributed by atoms with E-state index in [1.54, 1.807) is 12.1 Å². The maximum atomic E-state index is 14.4. The van der Waals surface area contributed by atoms with Crippen LogP contribution in [-0.2, 0) is 11.3 Å². The second-order valence-corrected chi connectivity index (χ2v) is 8.15. The Balaban J connectivity index is 1.93. The summed E-state index contributed by atoms with van der Waals surface area (Å²) in [6, 6.07) is 10.4. The molecule has 0 bridgehead atoms. The minimum absolute atomic E-state index is 0.108. The van der Waals surface area contributed by atoms with Crippen LogP contribution in [0.2, 0.25) is 10.0 Å². The van der Waals surface area contributed by atoms with Crippen molar-refractivity contribution in [2.24, 2.45) is 0 Å². The zero-order valence-electron chi connectivity index (χ0n) is 16.2. The fraction of sp³-hybridized carbons (Fsp3) is 0.130. The van der Waals surface area contributed by atoms with Crippen LogP contribution < -0.4 is 0 Å². The fourth-order valence-corrected chi connectivity index (χ4v) is 4.51. The molecule has 1 aliphatic heterocycles.